The maximum absolute atomic E-state index is 10.5. The molecule has 0 unspecified atom stereocenters. The van der Waals surface area contributed by atoms with Crippen molar-refractivity contribution in [1.82, 2.24) is 0 Å². The molecule has 3 nitrogen and oxygen atoms in total. The molecular weight excluding hydrogens is 286 g/mol. The van der Waals surface area contributed by atoms with E-state index in [4.69, 9.17) is 4.74 Å². The normalized spacial score (nSPS) is 11.6. The second-order valence-corrected chi connectivity index (χ2v) is 6.32. The van der Waals surface area contributed by atoms with Crippen LogP contribution in [-0.4, -0.2) is 17.9 Å². The Labute approximate surface area is 138 Å². The number of hydrogen-bond acceptors (Lipinski definition) is 3. The summed E-state index contributed by atoms with van der Waals surface area (Å²) < 4.78 is 5.59. The summed E-state index contributed by atoms with van der Waals surface area (Å²) in [5, 5.41) is 10.5. The van der Waals surface area contributed by atoms with Crippen LogP contribution in [0.5, 0.6) is 11.5 Å². The first-order valence-electron chi connectivity index (χ1n) is 7.62. The molecule has 0 saturated carbocycles. The fourth-order valence-corrected chi connectivity index (χ4v) is 2.24. The number of para-hydroxylation sites is 3. The molecule has 0 spiro atoms. The molecule has 120 valence electrons. The van der Waals surface area contributed by atoms with E-state index in [1.54, 1.807) is 12.3 Å². The lowest BCUT2D eigenvalue weighted by Gasteiger charge is -2.21. The molecule has 0 heterocycles. The molecule has 0 aliphatic carbocycles. The van der Waals surface area contributed by atoms with Crippen molar-refractivity contribution < 1.29 is 9.84 Å². The topological polar surface area (TPSA) is 41.8 Å². The lowest BCUT2D eigenvalue weighted by atomic mass is 9.85. The van der Waals surface area contributed by atoms with E-state index in [0.29, 0.717) is 17.9 Å². The van der Waals surface area contributed by atoms with Crippen LogP contribution in [0.1, 0.15) is 31.9 Å². The zero-order valence-electron chi connectivity index (χ0n) is 13.9. The van der Waals surface area contributed by atoms with Crippen LogP contribution in [0.15, 0.2) is 60.1 Å². The van der Waals surface area contributed by atoms with E-state index in [2.05, 4.69) is 32.3 Å². The Morgan fingerprint density at radius 3 is 2.57 bits per heavy atom. The Bertz CT molecular complexity index is 712. The molecule has 0 amide bonds. The Balaban J connectivity index is 2.33. The molecule has 0 bridgehead atoms. The van der Waals surface area contributed by atoms with E-state index >= 15 is 0 Å². The third kappa shape index (κ3) is 4.22. The summed E-state index contributed by atoms with van der Waals surface area (Å²) in [7, 11) is 0. The molecule has 23 heavy (non-hydrogen) atoms. The maximum Gasteiger partial charge on any atom is 0.145 e. The molecular formula is C20H23NO2. The molecule has 0 aliphatic rings. The molecule has 1 N–H and O–H groups in total. The number of nitrogens with zero attached hydrogens (tertiary/aromatic N) is 1. The van der Waals surface area contributed by atoms with Gasteiger partial charge in [-0.2, -0.15) is 0 Å². The van der Waals surface area contributed by atoms with Crippen LogP contribution in [-0.2, 0) is 5.41 Å². The van der Waals surface area contributed by atoms with Gasteiger partial charge in [-0.3, -0.25) is 4.99 Å². The van der Waals surface area contributed by atoms with E-state index in [0.717, 1.165) is 11.3 Å². The highest BCUT2D eigenvalue weighted by atomic mass is 16.5. The lowest BCUT2D eigenvalue weighted by molar-refractivity contribution is 0.364. The van der Waals surface area contributed by atoms with Gasteiger partial charge in [-0.05, 0) is 29.2 Å². The summed E-state index contributed by atoms with van der Waals surface area (Å²) in [4.78, 5) is 4.47. The molecule has 2 rings (SSSR count). The third-order valence-corrected chi connectivity index (χ3v) is 3.44. The largest absolute Gasteiger partial charge is 0.507 e. The second-order valence-electron chi connectivity index (χ2n) is 6.32. The van der Waals surface area contributed by atoms with E-state index < -0.39 is 0 Å². The molecule has 0 saturated heterocycles. The minimum Gasteiger partial charge on any atom is -0.507 e. The molecule has 2 aromatic carbocycles. The fourth-order valence-electron chi connectivity index (χ4n) is 2.24. The maximum atomic E-state index is 10.5. The van der Waals surface area contributed by atoms with Crippen LogP contribution in [0, 0.1) is 0 Å². The van der Waals surface area contributed by atoms with Gasteiger partial charge >= 0.3 is 0 Å². The van der Waals surface area contributed by atoms with Crippen LogP contribution in [0.4, 0.5) is 5.69 Å². The Kier molecular flexibility index (Phi) is 5.22. The number of aromatic hydroxyl groups is 1. The Morgan fingerprint density at radius 2 is 1.87 bits per heavy atom. The van der Waals surface area contributed by atoms with Crippen molar-refractivity contribution in [3.8, 4) is 11.5 Å². The molecule has 0 fully saturated rings. The number of hydrogen-bond donors (Lipinski definition) is 1. The zero-order chi connectivity index (χ0) is 16.9. The first kappa shape index (κ1) is 16.8. The van der Waals surface area contributed by atoms with Crippen molar-refractivity contribution in [2.24, 2.45) is 4.99 Å². The lowest BCUT2D eigenvalue weighted by Crippen LogP contribution is -2.11. The van der Waals surface area contributed by atoms with Gasteiger partial charge in [-0.15, -0.1) is 0 Å². The first-order chi connectivity index (χ1) is 10.9. The highest BCUT2D eigenvalue weighted by Crippen LogP contribution is 2.33. The van der Waals surface area contributed by atoms with Gasteiger partial charge in [-0.1, -0.05) is 57.7 Å². The monoisotopic (exact) mass is 309 g/mol. The number of rotatable bonds is 5. The highest BCUT2D eigenvalue weighted by Gasteiger charge is 2.19. The minimum atomic E-state index is -0.126. The molecule has 2 aromatic rings. The van der Waals surface area contributed by atoms with Gasteiger partial charge in [0.1, 0.15) is 23.8 Å². The van der Waals surface area contributed by atoms with Gasteiger partial charge in [0.2, 0.25) is 0 Å². The summed E-state index contributed by atoms with van der Waals surface area (Å²) in [5.74, 6) is 0.961. The summed E-state index contributed by atoms with van der Waals surface area (Å²) in [6, 6.07) is 13.3. The van der Waals surface area contributed by atoms with Gasteiger partial charge in [0, 0.05) is 11.8 Å². The van der Waals surface area contributed by atoms with E-state index in [1.807, 2.05) is 42.5 Å². The van der Waals surface area contributed by atoms with Crippen molar-refractivity contribution in [2.75, 3.05) is 6.61 Å². The van der Waals surface area contributed by atoms with E-state index in [9.17, 15) is 5.11 Å². The quantitative estimate of drug-likeness (QED) is 0.623. The van der Waals surface area contributed by atoms with Crippen LogP contribution in [0.3, 0.4) is 0 Å². The average molecular weight is 309 g/mol. The SMILES string of the molecule is C=CCOc1ccccc1N=Cc1cccc(C(C)(C)C)c1O. The summed E-state index contributed by atoms with van der Waals surface area (Å²) in [6.45, 7) is 10.3. The van der Waals surface area contributed by atoms with Gasteiger partial charge < -0.3 is 9.84 Å². The zero-order valence-corrected chi connectivity index (χ0v) is 13.9. The molecule has 3 heteroatoms. The summed E-state index contributed by atoms with van der Waals surface area (Å²) in [5.41, 5.74) is 2.18. The van der Waals surface area contributed by atoms with Crippen LogP contribution in [0.25, 0.3) is 0 Å². The van der Waals surface area contributed by atoms with Gasteiger partial charge in [0.05, 0.1) is 0 Å². The minimum absolute atomic E-state index is 0.126. The molecule has 0 radical (unpaired) electrons. The fraction of sp³-hybridized carbons (Fsp3) is 0.250. The van der Waals surface area contributed by atoms with Crippen molar-refractivity contribution in [2.45, 2.75) is 26.2 Å². The molecule has 0 aromatic heterocycles. The average Bonchev–Trinajstić information content (AvgIpc) is 2.51. The van der Waals surface area contributed by atoms with Gasteiger partial charge in [-0.25, -0.2) is 0 Å². The summed E-state index contributed by atoms with van der Waals surface area (Å²) >= 11 is 0. The first-order valence-corrected chi connectivity index (χ1v) is 7.62. The van der Waals surface area contributed by atoms with E-state index in [1.165, 1.54) is 0 Å². The van der Waals surface area contributed by atoms with Gasteiger partial charge in [0.15, 0.2) is 0 Å². The van der Waals surface area contributed by atoms with Crippen molar-refractivity contribution in [3.05, 3.63) is 66.2 Å². The number of ether oxygens (including phenoxy) is 1. The summed E-state index contributed by atoms with van der Waals surface area (Å²) in [6.07, 6.45) is 3.36. The second kappa shape index (κ2) is 7.14. The Morgan fingerprint density at radius 1 is 1.13 bits per heavy atom. The Hall–Kier alpha value is -2.55. The van der Waals surface area contributed by atoms with E-state index in [-0.39, 0.29) is 11.2 Å². The van der Waals surface area contributed by atoms with Crippen molar-refractivity contribution in [3.63, 3.8) is 0 Å². The van der Waals surface area contributed by atoms with Gasteiger partial charge in [0.25, 0.3) is 0 Å². The number of phenolic OH excluding ortho intramolecular Hbond substituents is 1. The smallest absolute Gasteiger partial charge is 0.145 e. The molecule has 0 aliphatic heterocycles. The number of benzene rings is 2. The van der Waals surface area contributed by atoms with Crippen molar-refractivity contribution in [1.29, 1.82) is 0 Å². The van der Waals surface area contributed by atoms with Crippen LogP contribution in [0.2, 0.25) is 0 Å². The third-order valence-electron chi connectivity index (χ3n) is 3.44. The predicted octanol–water partition coefficient (Wildman–Crippen LogP) is 5.01. The number of phenols is 1. The standard InChI is InChI=1S/C20H23NO2/c1-5-13-23-18-12-7-6-11-17(18)21-14-15-9-8-10-16(19(15)22)20(2,3)4/h5-12,14,22H,1,13H2,2-4H3. The van der Waals surface area contributed by atoms with Crippen LogP contribution < -0.4 is 4.74 Å². The molecule has 0 atom stereocenters. The van der Waals surface area contributed by atoms with Crippen molar-refractivity contribution >= 4 is 11.9 Å². The highest BCUT2D eigenvalue weighted by molar-refractivity contribution is 5.86. The predicted molar refractivity (Wildman–Crippen MR) is 96.2 cm³/mol. The number of aliphatic imine (C=N–C) groups is 1. The van der Waals surface area contributed by atoms with Crippen LogP contribution >= 0.6 is 0 Å².